The van der Waals surface area contributed by atoms with E-state index in [1.807, 2.05) is 6.07 Å². The van der Waals surface area contributed by atoms with Gasteiger partial charge in [-0.2, -0.15) is 9.97 Å². The van der Waals surface area contributed by atoms with Gasteiger partial charge in [0.25, 0.3) is 0 Å². The van der Waals surface area contributed by atoms with Crippen molar-refractivity contribution in [2.75, 3.05) is 38.3 Å². The molecule has 1 fully saturated rings. The van der Waals surface area contributed by atoms with Gasteiger partial charge in [-0.3, -0.25) is 0 Å². The number of aryl methyl sites for hydroxylation is 1. The minimum absolute atomic E-state index is 0.0402. The molecule has 2 aromatic carbocycles. The van der Waals surface area contributed by atoms with Gasteiger partial charge in [-0.15, -0.1) is 0 Å². The first kappa shape index (κ1) is 24.8. The van der Waals surface area contributed by atoms with Gasteiger partial charge in [-0.05, 0) is 43.7 Å². The van der Waals surface area contributed by atoms with E-state index in [2.05, 4.69) is 32.1 Å². The van der Waals surface area contributed by atoms with Crippen LogP contribution in [0.5, 0.6) is 11.8 Å². The summed E-state index contributed by atoms with van der Waals surface area (Å²) >= 11 is 0. The molecule has 1 aliphatic heterocycles. The van der Waals surface area contributed by atoms with Crippen molar-refractivity contribution in [3.8, 4) is 22.9 Å². The van der Waals surface area contributed by atoms with E-state index in [-0.39, 0.29) is 41.1 Å². The Bertz CT molecular complexity index is 1420. The number of halogens is 2. The van der Waals surface area contributed by atoms with Crippen molar-refractivity contribution < 1.29 is 18.3 Å². The van der Waals surface area contributed by atoms with Gasteiger partial charge < -0.3 is 19.7 Å². The zero-order valence-corrected chi connectivity index (χ0v) is 21.0. The van der Waals surface area contributed by atoms with Crippen molar-refractivity contribution in [3.05, 3.63) is 65.7 Å². The van der Waals surface area contributed by atoms with Crippen LogP contribution in [0.1, 0.15) is 18.3 Å². The third kappa shape index (κ3) is 4.89. The van der Waals surface area contributed by atoms with Gasteiger partial charge in [-0.25, -0.2) is 18.7 Å². The van der Waals surface area contributed by atoms with Crippen LogP contribution < -0.4 is 19.7 Å². The topological polar surface area (TPSA) is 85.3 Å². The molecule has 0 bridgehead atoms. The molecule has 1 N–H and O–H groups in total. The van der Waals surface area contributed by atoms with Crippen LogP contribution >= 0.6 is 0 Å². The van der Waals surface area contributed by atoms with E-state index < -0.39 is 11.6 Å². The molecule has 0 saturated carbocycles. The lowest BCUT2D eigenvalue weighted by Crippen LogP contribution is -2.50. The molecule has 3 heterocycles. The number of rotatable bonds is 7. The Morgan fingerprint density at radius 1 is 1.11 bits per heavy atom. The molecule has 2 aromatic heterocycles. The summed E-state index contributed by atoms with van der Waals surface area (Å²) in [5.41, 5.74) is 0.772. The summed E-state index contributed by atoms with van der Waals surface area (Å²) in [6.45, 7) is 6.26. The quantitative estimate of drug-likeness (QED) is 0.401. The first-order chi connectivity index (χ1) is 18.0. The highest BCUT2D eigenvalue weighted by atomic mass is 19.1. The molecule has 0 aliphatic carbocycles. The SMILES string of the molecule is COc1cccc(F)c1-c1c(C)cc2c(N3CCNCC3C)nc(OCCc3ncccn3)nc2c1F. The Morgan fingerprint density at radius 3 is 2.68 bits per heavy atom. The molecule has 1 aliphatic rings. The van der Waals surface area contributed by atoms with Gasteiger partial charge in [0, 0.05) is 55.4 Å². The number of anilines is 1. The van der Waals surface area contributed by atoms with Gasteiger partial charge in [0.1, 0.15) is 28.7 Å². The summed E-state index contributed by atoms with van der Waals surface area (Å²) in [6, 6.07) is 8.13. The average Bonchev–Trinajstić information content (AvgIpc) is 2.90. The van der Waals surface area contributed by atoms with E-state index in [4.69, 9.17) is 14.5 Å². The summed E-state index contributed by atoms with van der Waals surface area (Å²) in [4.78, 5) is 19.7. The number of piperazine rings is 1. The lowest BCUT2D eigenvalue weighted by molar-refractivity contribution is 0.294. The van der Waals surface area contributed by atoms with Crippen molar-refractivity contribution in [2.45, 2.75) is 26.3 Å². The minimum Gasteiger partial charge on any atom is -0.496 e. The van der Waals surface area contributed by atoms with Crippen molar-refractivity contribution in [1.82, 2.24) is 25.3 Å². The van der Waals surface area contributed by atoms with Crippen molar-refractivity contribution in [3.63, 3.8) is 0 Å². The first-order valence-corrected chi connectivity index (χ1v) is 12.2. The number of methoxy groups -OCH3 is 1. The fourth-order valence-corrected chi connectivity index (χ4v) is 4.67. The lowest BCUT2D eigenvalue weighted by Gasteiger charge is -2.35. The second kappa shape index (κ2) is 10.6. The molecule has 0 spiro atoms. The largest absolute Gasteiger partial charge is 0.496 e. The number of nitrogens with one attached hydrogen (secondary N) is 1. The highest BCUT2D eigenvalue weighted by molar-refractivity contribution is 5.95. The van der Waals surface area contributed by atoms with Crippen molar-refractivity contribution in [1.29, 1.82) is 0 Å². The Balaban J connectivity index is 1.64. The molecule has 8 nitrogen and oxygen atoms in total. The van der Waals surface area contributed by atoms with Crippen LogP contribution in [0.4, 0.5) is 14.6 Å². The van der Waals surface area contributed by atoms with Gasteiger partial charge >= 0.3 is 6.01 Å². The van der Waals surface area contributed by atoms with E-state index in [9.17, 15) is 4.39 Å². The fourth-order valence-electron chi connectivity index (χ4n) is 4.67. The number of fused-ring (bicyclic) bond motifs is 1. The molecule has 192 valence electrons. The molecular formula is C27H28F2N6O2. The summed E-state index contributed by atoms with van der Waals surface area (Å²) in [5, 5.41) is 3.90. The van der Waals surface area contributed by atoms with Crippen molar-refractivity contribution in [2.24, 2.45) is 0 Å². The molecule has 1 saturated heterocycles. The third-order valence-electron chi connectivity index (χ3n) is 6.48. The number of ether oxygens (including phenoxy) is 2. The molecule has 0 radical (unpaired) electrons. The predicted octanol–water partition coefficient (Wildman–Crippen LogP) is 4.10. The minimum atomic E-state index is -0.652. The van der Waals surface area contributed by atoms with Crippen LogP contribution in [0.15, 0.2) is 42.7 Å². The number of hydrogen-bond acceptors (Lipinski definition) is 8. The average molecular weight is 507 g/mol. The van der Waals surface area contributed by atoms with E-state index in [1.165, 1.54) is 19.2 Å². The molecule has 1 unspecified atom stereocenters. The zero-order valence-electron chi connectivity index (χ0n) is 21.0. The number of aromatic nitrogens is 4. The highest BCUT2D eigenvalue weighted by Crippen LogP contribution is 2.41. The normalized spacial score (nSPS) is 15.7. The number of hydrogen-bond donors (Lipinski definition) is 1. The summed E-state index contributed by atoms with van der Waals surface area (Å²) in [6.07, 6.45) is 3.76. The van der Waals surface area contributed by atoms with Gasteiger partial charge in [0.15, 0.2) is 5.82 Å². The monoisotopic (exact) mass is 506 g/mol. The van der Waals surface area contributed by atoms with E-state index >= 15 is 4.39 Å². The van der Waals surface area contributed by atoms with Crippen LogP contribution in [0, 0.1) is 18.6 Å². The maximum absolute atomic E-state index is 16.3. The van der Waals surface area contributed by atoms with Crippen LogP contribution in [0.25, 0.3) is 22.0 Å². The van der Waals surface area contributed by atoms with E-state index in [0.29, 0.717) is 35.6 Å². The third-order valence-corrected chi connectivity index (χ3v) is 6.48. The number of nitrogens with zero attached hydrogens (tertiary/aromatic N) is 5. The highest BCUT2D eigenvalue weighted by Gasteiger charge is 2.27. The van der Waals surface area contributed by atoms with E-state index in [1.54, 1.807) is 31.5 Å². The smallest absolute Gasteiger partial charge is 0.319 e. The standard InChI is InChI=1S/C27H28F2N6O2/c1-16-14-18-25(24(29)22(16)23-19(28)6-4-7-20(23)36-3)33-27(37-13-8-21-31-9-5-10-32-21)34-26(18)35-12-11-30-15-17(35)2/h4-7,9-10,14,17,30H,8,11-13,15H2,1-3H3. The fraction of sp³-hybridized carbons (Fsp3) is 0.333. The molecule has 1 atom stereocenters. The molecule has 4 aromatic rings. The lowest BCUT2D eigenvalue weighted by atomic mass is 9.96. The second-order valence-corrected chi connectivity index (χ2v) is 8.94. The van der Waals surface area contributed by atoms with Crippen LogP contribution in [-0.4, -0.2) is 59.3 Å². The molecular weight excluding hydrogens is 478 g/mol. The molecule has 0 amide bonds. The maximum atomic E-state index is 16.3. The number of benzene rings is 2. The molecule has 10 heteroatoms. The Kier molecular flexibility index (Phi) is 7.09. The molecule has 37 heavy (non-hydrogen) atoms. The Labute approximate surface area is 213 Å². The van der Waals surface area contributed by atoms with Crippen molar-refractivity contribution >= 4 is 16.7 Å². The maximum Gasteiger partial charge on any atom is 0.319 e. The summed E-state index contributed by atoms with van der Waals surface area (Å²) < 4.78 is 42.5. The van der Waals surface area contributed by atoms with Crippen LogP contribution in [0.3, 0.4) is 0 Å². The summed E-state index contributed by atoms with van der Waals surface area (Å²) in [5.74, 6) is 0.214. The van der Waals surface area contributed by atoms with Crippen LogP contribution in [-0.2, 0) is 6.42 Å². The second-order valence-electron chi connectivity index (χ2n) is 8.94. The van der Waals surface area contributed by atoms with E-state index in [0.717, 1.165) is 13.1 Å². The van der Waals surface area contributed by atoms with Gasteiger partial charge in [0.05, 0.1) is 19.3 Å². The zero-order chi connectivity index (χ0) is 25.9. The summed E-state index contributed by atoms with van der Waals surface area (Å²) in [7, 11) is 1.43. The first-order valence-electron chi connectivity index (χ1n) is 12.2. The predicted molar refractivity (Wildman–Crippen MR) is 137 cm³/mol. The Morgan fingerprint density at radius 2 is 1.92 bits per heavy atom. The van der Waals surface area contributed by atoms with Gasteiger partial charge in [-0.1, -0.05) is 6.07 Å². The molecule has 5 rings (SSSR count). The van der Waals surface area contributed by atoms with Gasteiger partial charge in [0.2, 0.25) is 0 Å². The Hall–Kier alpha value is -3.92. The van der Waals surface area contributed by atoms with Crippen LogP contribution in [0.2, 0.25) is 0 Å².